The van der Waals surface area contributed by atoms with E-state index in [1.807, 2.05) is 65.1 Å². The summed E-state index contributed by atoms with van der Waals surface area (Å²) in [5, 5.41) is 28.6. The Kier molecular flexibility index (Phi) is 6.60. The molecule has 7 aromatic carbocycles. The van der Waals surface area contributed by atoms with Crippen LogP contribution in [0.3, 0.4) is 0 Å². The Morgan fingerprint density at radius 2 is 0.931 bits per heavy atom. The molecular weight excluding hydrogens is 907 g/mol. The molecule has 4 heterocycles. The van der Waals surface area contributed by atoms with Gasteiger partial charge in [-0.1, -0.05) is 48.5 Å². The summed E-state index contributed by atoms with van der Waals surface area (Å²) < 4.78 is 90.1. The Morgan fingerprint density at radius 1 is 0.472 bits per heavy atom. The molecule has 19 rings (SSSR count). The normalized spacial score (nSPS) is 31.6. The molecule has 72 heavy (non-hydrogen) atoms. The van der Waals surface area contributed by atoms with Gasteiger partial charge in [0.1, 0.15) is 45.0 Å². The molecule has 1 spiro atoms. The minimum Gasteiger partial charge on any atom is -0.456 e. The van der Waals surface area contributed by atoms with E-state index < -0.39 is 28.1 Å². The van der Waals surface area contributed by atoms with Crippen molar-refractivity contribution in [1.29, 1.82) is 10.5 Å². The first-order valence-corrected chi connectivity index (χ1v) is 25.7. The number of nitrogens with zero attached hydrogens (tertiary/aromatic N) is 3. The van der Waals surface area contributed by atoms with Gasteiger partial charge in [-0.15, -0.1) is 0 Å². The van der Waals surface area contributed by atoms with Crippen molar-refractivity contribution < 1.29 is 26.4 Å². The topological polar surface area (TPSA) is 78.3 Å². The van der Waals surface area contributed by atoms with E-state index in [9.17, 15) is 10.5 Å². The Morgan fingerprint density at radius 3 is 1.46 bits per heavy atom. The van der Waals surface area contributed by atoms with Crippen LogP contribution in [0.4, 0.5) is 17.6 Å². The fraction of sp³-hybridized carbons (Fsp3) is 0.302. The summed E-state index contributed by atoms with van der Waals surface area (Å²) in [6.07, 6.45) is 3.05. The van der Waals surface area contributed by atoms with Gasteiger partial charge in [0.2, 0.25) is 0 Å². The summed E-state index contributed by atoms with van der Waals surface area (Å²) in [6, 6.07) is 38.4. The van der Waals surface area contributed by atoms with Gasteiger partial charge in [0.15, 0.2) is 0 Å². The van der Waals surface area contributed by atoms with E-state index in [0.717, 1.165) is 67.8 Å². The summed E-state index contributed by atoms with van der Waals surface area (Å²) >= 11 is 0. The van der Waals surface area contributed by atoms with E-state index in [1.54, 1.807) is 12.1 Å². The molecule has 0 aliphatic heterocycles. The van der Waals surface area contributed by atoms with Gasteiger partial charge in [-0.2, -0.15) is 10.5 Å². The maximum absolute atomic E-state index is 19.2. The van der Waals surface area contributed by atoms with Crippen LogP contribution in [0, 0.1) is 51.7 Å². The van der Waals surface area contributed by atoms with Crippen LogP contribution in [0.15, 0.2) is 112 Å². The highest BCUT2D eigenvalue weighted by Gasteiger charge is 2.75. The number of fused-ring (bicyclic) bond motifs is 18. The summed E-state index contributed by atoms with van der Waals surface area (Å²) in [5.74, 6) is -0.271. The zero-order valence-corrected chi connectivity index (χ0v) is 38.9. The molecule has 7 unspecified atom stereocenters. The maximum atomic E-state index is 19.2. The van der Waals surface area contributed by atoms with Gasteiger partial charge in [0.05, 0.1) is 39.8 Å². The summed E-state index contributed by atoms with van der Waals surface area (Å²) in [7, 11) is 0. The number of alkyl halides is 4. The van der Waals surface area contributed by atoms with Crippen molar-refractivity contribution in [3.8, 4) is 34.4 Å². The lowest BCUT2D eigenvalue weighted by atomic mass is 9.56. The van der Waals surface area contributed by atoms with E-state index in [0.29, 0.717) is 49.3 Å². The fourth-order valence-corrected chi connectivity index (χ4v) is 18.1. The molecular formula is C63H41F4N3O2. The second kappa shape index (κ2) is 12.1. The van der Waals surface area contributed by atoms with Crippen molar-refractivity contribution in [2.24, 2.45) is 29.1 Å². The third kappa shape index (κ3) is 4.32. The standard InChI is InChI=1S/C63H41F4N3O2/c64-60-20-30-13-31(21-60)23-61(65,22-30)56-52-44(14-34(26-68)54(56)60)70-45-15-35(27-69)55-57(63(67)25-37-18-36-24-62(55,66)28-59(36,37)29-63)53(45)51-43(33-10-12-41-39-6-2-4-8-47(39)72-49(41)17-33)19-42(50(52)58(51)70)32-9-11-40-38-5-1-3-7-46(38)71-48(40)16-32/h1-12,14-17,19,30-31,36-37H,13,18,20-25,28-29H2. The Hall–Kier alpha value is -7.36. The van der Waals surface area contributed by atoms with E-state index in [-0.39, 0.29) is 108 Å². The quantitative estimate of drug-likeness (QED) is 0.162. The zero-order chi connectivity index (χ0) is 47.7. The van der Waals surface area contributed by atoms with Crippen LogP contribution in [0.1, 0.15) is 97.6 Å². The van der Waals surface area contributed by atoms with Crippen LogP contribution in [0.25, 0.3) is 104 Å². The molecule has 5 nitrogen and oxygen atoms in total. The molecule has 5 fully saturated rings. The average Bonchev–Trinajstić information content (AvgIpc) is 4.17. The molecule has 8 aliphatic carbocycles. The second-order valence-corrected chi connectivity index (χ2v) is 23.7. The van der Waals surface area contributed by atoms with Gasteiger partial charge in [-0.3, -0.25) is 0 Å². The van der Waals surface area contributed by atoms with Gasteiger partial charge in [0.25, 0.3) is 0 Å². The van der Waals surface area contributed by atoms with E-state index in [2.05, 4.69) is 42.5 Å². The third-order valence-electron chi connectivity index (χ3n) is 20.2. The summed E-state index contributed by atoms with van der Waals surface area (Å²) in [6.45, 7) is 0. The molecule has 0 N–H and O–H groups in total. The number of hydrogen-bond donors (Lipinski definition) is 0. The average molecular weight is 948 g/mol. The van der Waals surface area contributed by atoms with Crippen LogP contribution < -0.4 is 0 Å². The number of rotatable bonds is 2. The third-order valence-corrected chi connectivity index (χ3v) is 20.2. The molecule has 11 aromatic rings. The monoisotopic (exact) mass is 947 g/mol. The van der Waals surface area contributed by atoms with E-state index in [1.165, 1.54) is 0 Å². The number of para-hydroxylation sites is 2. The largest absolute Gasteiger partial charge is 0.456 e. The molecule has 7 atom stereocenters. The minimum atomic E-state index is -1.95. The molecule has 0 radical (unpaired) electrons. The first-order valence-electron chi connectivity index (χ1n) is 25.7. The molecule has 7 bridgehead atoms. The predicted octanol–water partition coefficient (Wildman–Crippen LogP) is 16.8. The molecule has 0 saturated heterocycles. The molecule has 5 saturated carbocycles. The van der Waals surface area contributed by atoms with E-state index >= 15 is 17.6 Å². The van der Waals surface area contributed by atoms with Gasteiger partial charge < -0.3 is 13.2 Å². The van der Waals surface area contributed by atoms with Crippen molar-refractivity contribution in [3.05, 3.63) is 137 Å². The minimum absolute atomic E-state index is 0.0410. The van der Waals surface area contributed by atoms with Gasteiger partial charge in [0, 0.05) is 65.3 Å². The second-order valence-electron chi connectivity index (χ2n) is 23.7. The van der Waals surface area contributed by atoms with Crippen molar-refractivity contribution in [1.82, 2.24) is 4.40 Å². The fourth-order valence-electron chi connectivity index (χ4n) is 18.1. The molecule has 8 aliphatic rings. The highest BCUT2D eigenvalue weighted by Crippen LogP contribution is 2.80. The summed E-state index contributed by atoms with van der Waals surface area (Å²) in [4.78, 5) is 0. The maximum Gasteiger partial charge on any atom is 0.138 e. The lowest BCUT2D eigenvalue weighted by Gasteiger charge is -2.48. The van der Waals surface area contributed by atoms with Crippen molar-refractivity contribution in [2.45, 2.75) is 86.9 Å². The van der Waals surface area contributed by atoms with Crippen molar-refractivity contribution in [3.63, 3.8) is 0 Å². The molecule has 9 heteroatoms. The Labute approximate surface area is 408 Å². The van der Waals surface area contributed by atoms with Crippen molar-refractivity contribution >= 4 is 82.0 Å². The number of nitriles is 2. The van der Waals surface area contributed by atoms with Crippen LogP contribution in [-0.2, 0) is 22.7 Å². The van der Waals surface area contributed by atoms with Crippen molar-refractivity contribution in [2.75, 3.05) is 0 Å². The lowest BCUT2D eigenvalue weighted by Crippen LogP contribution is -2.41. The van der Waals surface area contributed by atoms with Crippen LogP contribution >= 0.6 is 0 Å². The van der Waals surface area contributed by atoms with Gasteiger partial charge in [-0.25, -0.2) is 17.6 Å². The first-order chi connectivity index (χ1) is 34.9. The Balaban J connectivity index is 1.09. The van der Waals surface area contributed by atoms with Crippen LogP contribution in [0.5, 0.6) is 0 Å². The number of hydrogen-bond acceptors (Lipinski definition) is 4. The highest BCUT2D eigenvalue weighted by atomic mass is 19.2. The Bertz CT molecular complexity index is 4510. The van der Waals surface area contributed by atoms with Gasteiger partial charge in [-0.05, 0) is 170 Å². The number of furan rings is 2. The smallest absolute Gasteiger partial charge is 0.138 e. The molecule has 348 valence electrons. The number of benzene rings is 7. The molecule has 0 amide bonds. The van der Waals surface area contributed by atoms with Crippen LogP contribution in [0.2, 0.25) is 0 Å². The number of aromatic nitrogens is 1. The first kappa shape index (κ1) is 39.3. The SMILES string of the molecule is N#Cc1cc2c(c3c1C1(F)CC4CC(C1)CC3(F)C4)c1c(-c3ccc4c(c3)oc3ccccc34)cc(-c3ccc4c(c3)oc3ccccc34)c3c4c5c(c(C#N)cc4n2c13)C1(F)CC2CC3CC5(F)CC23C1. The molecule has 4 aromatic heterocycles. The van der Waals surface area contributed by atoms with Gasteiger partial charge >= 0.3 is 0 Å². The zero-order valence-electron chi connectivity index (χ0n) is 38.9. The van der Waals surface area contributed by atoms with E-state index in [4.69, 9.17) is 8.83 Å². The number of halogens is 4. The summed E-state index contributed by atoms with van der Waals surface area (Å²) in [5.41, 5.74) is 0.284. The predicted molar refractivity (Wildman–Crippen MR) is 270 cm³/mol. The van der Waals surface area contributed by atoms with Crippen LogP contribution in [-0.4, -0.2) is 4.40 Å². The lowest BCUT2D eigenvalue weighted by molar-refractivity contribution is -0.0301. The highest BCUT2D eigenvalue weighted by molar-refractivity contribution is 6.32.